The molecule has 0 spiro atoms. The lowest BCUT2D eigenvalue weighted by molar-refractivity contribution is -0.138. The second kappa shape index (κ2) is 10.6. The molecule has 0 unspecified atom stereocenters. The van der Waals surface area contributed by atoms with Crippen LogP contribution in [0.1, 0.15) is 31.8 Å². The van der Waals surface area contributed by atoms with Gasteiger partial charge in [0.2, 0.25) is 0 Å². The van der Waals surface area contributed by atoms with Crippen molar-refractivity contribution in [3.8, 4) is 5.69 Å². The molecule has 12 heteroatoms. The molecule has 0 aliphatic rings. The summed E-state index contributed by atoms with van der Waals surface area (Å²) in [5.41, 5.74) is -2.44. The molecule has 44 heavy (non-hydrogen) atoms. The van der Waals surface area contributed by atoms with Crippen LogP contribution in [-0.4, -0.2) is 26.6 Å². The van der Waals surface area contributed by atoms with E-state index < -0.39 is 46.4 Å². The highest BCUT2D eigenvalue weighted by Crippen LogP contribution is 2.35. The Morgan fingerprint density at radius 1 is 0.636 bits per heavy atom. The highest BCUT2D eigenvalue weighted by atomic mass is 19.4. The molecule has 0 aliphatic carbocycles. The monoisotopic (exact) mass is 604 g/mol. The van der Waals surface area contributed by atoms with Crippen molar-refractivity contribution in [3.05, 3.63) is 132 Å². The second-order valence-electron chi connectivity index (χ2n) is 9.73. The van der Waals surface area contributed by atoms with E-state index in [1.165, 1.54) is 4.68 Å². The van der Waals surface area contributed by atoms with Crippen LogP contribution in [0.3, 0.4) is 0 Å². The molecular formula is C32H18F6N4O2. The highest BCUT2D eigenvalue weighted by molar-refractivity contribution is 6.28. The van der Waals surface area contributed by atoms with E-state index >= 15 is 0 Å². The Labute approximate surface area is 244 Å². The lowest BCUT2D eigenvalue weighted by Gasteiger charge is -2.22. The number of anilines is 1. The van der Waals surface area contributed by atoms with Gasteiger partial charge in [-0.15, -0.1) is 0 Å². The predicted molar refractivity (Wildman–Crippen MR) is 150 cm³/mol. The second-order valence-corrected chi connectivity index (χ2v) is 9.73. The first-order chi connectivity index (χ1) is 20.9. The van der Waals surface area contributed by atoms with E-state index in [0.29, 0.717) is 39.0 Å². The quantitative estimate of drug-likeness (QED) is 0.151. The van der Waals surface area contributed by atoms with Gasteiger partial charge in [0.25, 0.3) is 11.8 Å². The molecule has 220 valence electrons. The van der Waals surface area contributed by atoms with Crippen LogP contribution >= 0.6 is 0 Å². The summed E-state index contributed by atoms with van der Waals surface area (Å²) in [6.07, 6.45) is -7.98. The number of hydrogen-bond donors (Lipinski definition) is 0. The van der Waals surface area contributed by atoms with E-state index in [-0.39, 0.29) is 11.3 Å². The van der Waals surface area contributed by atoms with Crippen molar-refractivity contribution < 1.29 is 35.9 Å². The topological polar surface area (TPSA) is 68.1 Å². The van der Waals surface area contributed by atoms with Gasteiger partial charge in [-0.05, 0) is 54.6 Å². The number of para-hydroxylation sites is 2. The van der Waals surface area contributed by atoms with Crippen molar-refractivity contribution in [1.82, 2.24) is 14.8 Å². The molecule has 0 radical (unpaired) electrons. The minimum atomic E-state index is -4.81. The lowest BCUT2D eigenvalue weighted by atomic mass is 10.1. The molecule has 0 fully saturated rings. The fourth-order valence-corrected chi connectivity index (χ4v) is 4.77. The Bertz CT molecular complexity index is 1980. The third-order valence-electron chi connectivity index (χ3n) is 6.86. The van der Waals surface area contributed by atoms with Gasteiger partial charge in [-0.2, -0.15) is 31.4 Å². The first-order valence-corrected chi connectivity index (χ1v) is 13.0. The number of aromatic nitrogens is 3. The van der Waals surface area contributed by atoms with Crippen LogP contribution < -0.4 is 4.90 Å². The molecule has 2 amide bonds. The molecule has 6 nitrogen and oxygen atoms in total. The summed E-state index contributed by atoms with van der Waals surface area (Å²) in [7, 11) is 0. The highest BCUT2D eigenvalue weighted by Gasteiger charge is 2.36. The summed E-state index contributed by atoms with van der Waals surface area (Å²) in [5, 5.41) is 5.60. The largest absolute Gasteiger partial charge is 0.416 e. The molecule has 0 atom stereocenters. The van der Waals surface area contributed by atoms with Crippen molar-refractivity contribution in [1.29, 1.82) is 0 Å². The number of rotatable bonds is 4. The number of fused-ring (bicyclic) bond motifs is 3. The number of hydrogen-bond acceptors (Lipinski definition) is 4. The van der Waals surface area contributed by atoms with Crippen LogP contribution in [0.15, 0.2) is 109 Å². The fourth-order valence-electron chi connectivity index (χ4n) is 4.77. The number of carbonyl (C=O) groups excluding carboxylic acids is 2. The molecule has 0 bridgehead atoms. The third-order valence-corrected chi connectivity index (χ3v) is 6.86. The van der Waals surface area contributed by atoms with Gasteiger partial charge in [-0.25, -0.2) is 14.6 Å². The normalized spacial score (nSPS) is 12.0. The number of alkyl halides is 6. The number of amides is 2. The van der Waals surface area contributed by atoms with Crippen molar-refractivity contribution in [3.63, 3.8) is 0 Å². The SMILES string of the molecule is O=C(c1cccc(C(F)(F)F)c1)N(C(=O)c1cccc(C(F)(F)F)c1)c1nc2ccccc2c2cn(-c3ccccc3)nc12. The smallest absolute Gasteiger partial charge is 0.268 e. The fraction of sp³-hybridized carbons (Fsp3) is 0.0625. The first-order valence-electron chi connectivity index (χ1n) is 13.0. The number of pyridine rings is 1. The number of carbonyl (C=O) groups is 2. The van der Waals surface area contributed by atoms with Gasteiger partial charge in [0.15, 0.2) is 5.82 Å². The van der Waals surface area contributed by atoms with E-state index in [4.69, 9.17) is 0 Å². The zero-order chi connectivity index (χ0) is 31.2. The maximum Gasteiger partial charge on any atom is 0.416 e. The summed E-state index contributed by atoms with van der Waals surface area (Å²) in [5.74, 6) is -2.84. The van der Waals surface area contributed by atoms with Crippen LogP contribution in [0.2, 0.25) is 0 Å². The molecular weight excluding hydrogens is 586 g/mol. The van der Waals surface area contributed by atoms with Crippen molar-refractivity contribution in [2.75, 3.05) is 4.90 Å². The summed E-state index contributed by atoms with van der Waals surface area (Å²) in [6.45, 7) is 0. The van der Waals surface area contributed by atoms with Gasteiger partial charge in [0.05, 0.1) is 22.3 Å². The lowest BCUT2D eigenvalue weighted by Crippen LogP contribution is -2.38. The molecule has 2 heterocycles. The van der Waals surface area contributed by atoms with E-state index in [9.17, 15) is 35.9 Å². The van der Waals surface area contributed by atoms with Gasteiger partial charge in [0, 0.05) is 28.1 Å². The predicted octanol–water partition coefficient (Wildman–Crippen LogP) is 8.10. The summed E-state index contributed by atoms with van der Waals surface area (Å²) < 4.78 is 82.8. The molecule has 4 aromatic carbocycles. The minimum absolute atomic E-state index is 0.0215. The van der Waals surface area contributed by atoms with Crippen LogP contribution in [0.25, 0.3) is 27.5 Å². The van der Waals surface area contributed by atoms with Crippen LogP contribution in [0.5, 0.6) is 0 Å². The maximum absolute atomic E-state index is 14.0. The van der Waals surface area contributed by atoms with E-state index in [0.717, 1.165) is 36.4 Å². The van der Waals surface area contributed by atoms with Crippen molar-refractivity contribution in [2.45, 2.75) is 12.4 Å². The Morgan fingerprint density at radius 3 is 1.75 bits per heavy atom. The van der Waals surface area contributed by atoms with Gasteiger partial charge < -0.3 is 0 Å². The van der Waals surface area contributed by atoms with E-state index in [2.05, 4.69) is 10.1 Å². The van der Waals surface area contributed by atoms with Crippen molar-refractivity contribution in [2.24, 2.45) is 0 Å². The van der Waals surface area contributed by atoms with Crippen LogP contribution in [0, 0.1) is 0 Å². The molecule has 6 rings (SSSR count). The standard InChI is InChI=1S/C32H18F6N4O2/c33-31(34,35)21-10-6-8-19(16-21)29(43)42(30(44)20-9-7-11-22(17-20)32(36,37)38)28-27-25(24-14-4-5-15-26(24)39-28)18-41(40-27)23-12-2-1-3-13-23/h1-18H. The number of benzene rings is 4. The maximum atomic E-state index is 14.0. The molecule has 6 aromatic rings. The van der Waals surface area contributed by atoms with E-state index in [1.54, 1.807) is 60.8 Å². The van der Waals surface area contributed by atoms with Gasteiger partial charge >= 0.3 is 12.4 Å². The average Bonchev–Trinajstić information content (AvgIpc) is 3.47. The summed E-state index contributed by atoms with van der Waals surface area (Å²) in [4.78, 5) is 33.0. The Morgan fingerprint density at radius 2 is 1.18 bits per heavy atom. The Hall–Kier alpha value is -5.52. The molecule has 0 saturated carbocycles. The Kier molecular flexibility index (Phi) is 6.91. The number of imide groups is 1. The van der Waals surface area contributed by atoms with Gasteiger partial charge in [-0.1, -0.05) is 48.5 Å². The zero-order valence-corrected chi connectivity index (χ0v) is 22.3. The van der Waals surface area contributed by atoms with Crippen LogP contribution in [-0.2, 0) is 12.4 Å². The first kappa shape index (κ1) is 28.6. The number of nitrogens with zero attached hydrogens (tertiary/aromatic N) is 4. The van der Waals surface area contributed by atoms with E-state index in [1.807, 2.05) is 0 Å². The van der Waals surface area contributed by atoms with Gasteiger partial charge in [-0.3, -0.25) is 9.59 Å². The van der Waals surface area contributed by atoms with Gasteiger partial charge in [0.1, 0.15) is 5.52 Å². The van der Waals surface area contributed by atoms with Crippen LogP contribution in [0.4, 0.5) is 32.2 Å². The molecule has 2 aromatic heterocycles. The average molecular weight is 605 g/mol. The third kappa shape index (κ3) is 5.26. The Balaban J connectivity index is 1.62. The minimum Gasteiger partial charge on any atom is -0.268 e. The summed E-state index contributed by atoms with van der Waals surface area (Å²) in [6, 6.07) is 22.3. The molecule has 0 saturated heterocycles. The molecule has 0 aliphatic heterocycles. The number of halogens is 6. The van der Waals surface area contributed by atoms with Crippen molar-refractivity contribution >= 4 is 39.4 Å². The summed E-state index contributed by atoms with van der Waals surface area (Å²) >= 11 is 0. The molecule has 0 N–H and O–H groups in total. The zero-order valence-electron chi connectivity index (χ0n) is 22.3.